The molecule has 1 aromatic heterocycles. The molecule has 0 saturated heterocycles. The molecule has 4 rings (SSSR count). The second-order valence-electron chi connectivity index (χ2n) is 6.02. The Balaban J connectivity index is 0.00000109. The van der Waals surface area contributed by atoms with Crippen molar-refractivity contribution in [1.82, 2.24) is 9.78 Å². The minimum atomic E-state index is -0.191. The normalized spacial score (nSPS) is 12.7. The summed E-state index contributed by atoms with van der Waals surface area (Å²) in [5.74, 6) is 0.355. The number of para-hydroxylation sites is 1. The Bertz CT molecular complexity index is 972. The molecule has 2 heterocycles. The van der Waals surface area contributed by atoms with Gasteiger partial charge in [-0.25, -0.2) is 0 Å². The molecule has 0 radical (unpaired) electrons. The highest BCUT2D eigenvalue weighted by atomic mass is 35.5. The van der Waals surface area contributed by atoms with Gasteiger partial charge in [-0.15, -0.1) is 0 Å². The largest absolute Gasteiger partial charge is 0.394 e. The topological polar surface area (TPSA) is 61.6 Å². The molecule has 0 atom stereocenters. The van der Waals surface area contributed by atoms with E-state index in [0.29, 0.717) is 28.6 Å². The third-order valence-corrected chi connectivity index (χ3v) is 4.61. The van der Waals surface area contributed by atoms with Gasteiger partial charge in [0.1, 0.15) is 5.56 Å². The first-order valence-corrected chi connectivity index (χ1v) is 9.59. The summed E-state index contributed by atoms with van der Waals surface area (Å²) in [5, 5.41) is 14.2. The van der Waals surface area contributed by atoms with E-state index in [-0.39, 0.29) is 12.5 Å². The maximum Gasteiger partial charge on any atom is 0.268 e. The number of carbonyl (C=O) groups is 1. The van der Waals surface area contributed by atoms with Crippen LogP contribution in [-0.2, 0) is 6.54 Å². The molecule has 1 amide bonds. The molecule has 1 N–H and O–H groups in total. The highest BCUT2D eigenvalue weighted by molar-refractivity contribution is 6.31. The van der Waals surface area contributed by atoms with Crippen LogP contribution < -0.4 is 9.80 Å². The van der Waals surface area contributed by atoms with Gasteiger partial charge < -0.3 is 10.0 Å². The molecule has 0 fully saturated rings. The third kappa shape index (κ3) is 3.48. The van der Waals surface area contributed by atoms with E-state index in [4.69, 9.17) is 11.6 Å². The molecule has 146 valence electrons. The summed E-state index contributed by atoms with van der Waals surface area (Å²) in [4.78, 5) is 16.9. The van der Waals surface area contributed by atoms with Gasteiger partial charge in [0.2, 0.25) is 0 Å². The molecule has 1 aliphatic heterocycles. The Hall–Kier alpha value is -2.83. The molecular weight excluding hydrogens is 376 g/mol. The van der Waals surface area contributed by atoms with Gasteiger partial charge in [0.25, 0.3) is 5.91 Å². The fraction of sp³-hybridized carbons (Fsp3) is 0.238. The smallest absolute Gasteiger partial charge is 0.268 e. The lowest BCUT2D eigenvalue weighted by Crippen LogP contribution is -2.25. The maximum atomic E-state index is 13.4. The number of rotatable bonds is 3. The number of aliphatic hydroxyl groups is 1. The number of halogens is 1. The van der Waals surface area contributed by atoms with Crippen LogP contribution in [-0.4, -0.2) is 34.4 Å². The van der Waals surface area contributed by atoms with E-state index in [2.05, 4.69) is 5.10 Å². The van der Waals surface area contributed by atoms with Crippen LogP contribution in [0.15, 0.2) is 54.7 Å². The SMILES string of the molecule is CC.CN1c2ccc(Cl)cc2N(c2ccccc2)C(=O)c2cn(CCO)nc21. The quantitative estimate of drug-likeness (QED) is 0.699. The van der Waals surface area contributed by atoms with Crippen LogP contribution >= 0.6 is 11.6 Å². The minimum absolute atomic E-state index is 0.0486. The van der Waals surface area contributed by atoms with E-state index >= 15 is 0 Å². The van der Waals surface area contributed by atoms with E-state index in [1.54, 1.807) is 27.9 Å². The van der Waals surface area contributed by atoms with Crippen molar-refractivity contribution in [2.75, 3.05) is 23.5 Å². The molecular formula is C21H23ClN4O2. The molecule has 6 nitrogen and oxygen atoms in total. The van der Waals surface area contributed by atoms with E-state index in [1.165, 1.54) is 0 Å². The van der Waals surface area contributed by atoms with Crippen LogP contribution in [0.25, 0.3) is 0 Å². The first kappa shape index (κ1) is 19.9. The summed E-state index contributed by atoms with van der Waals surface area (Å²) in [6.07, 6.45) is 1.67. The lowest BCUT2D eigenvalue weighted by atomic mass is 10.2. The summed E-state index contributed by atoms with van der Waals surface area (Å²) in [6, 6.07) is 14.9. The summed E-state index contributed by atoms with van der Waals surface area (Å²) in [6.45, 7) is 4.28. The van der Waals surface area contributed by atoms with Gasteiger partial charge in [-0.3, -0.25) is 14.4 Å². The number of fused-ring (bicyclic) bond motifs is 2. The summed E-state index contributed by atoms with van der Waals surface area (Å²) in [5.41, 5.74) is 2.73. The molecule has 0 bridgehead atoms. The summed E-state index contributed by atoms with van der Waals surface area (Å²) >= 11 is 6.23. The molecule has 0 unspecified atom stereocenters. The lowest BCUT2D eigenvalue weighted by molar-refractivity contribution is 0.100. The van der Waals surface area contributed by atoms with E-state index in [0.717, 1.165) is 11.4 Å². The maximum absolute atomic E-state index is 13.4. The number of hydrogen-bond acceptors (Lipinski definition) is 4. The van der Waals surface area contributed by atoms with E-state index in [9.17, 15) is 9.90 Å². The molecule has 3 aromatic rings. The number of carbonyl (C=O) groups excluding carboxylic acids is 1. The Labute approximate surface area is 169 Å². The molecule has 0 aliphatic carbocycles. The van der Waals surface area contributed by atoms with Gasteiger partial charge in [-0.1, -0.05) is 43.6 Å². The Morgan fingerprint density at radius 3 is 2.46 bits per heavy atom. The van der Waals surface area contributed by atoms with Crippen molar-refractivity contribution in [2.24, 2.45) is 0 Å². The van der Waals surface area contributed by atoms with Crippen molar-refractivity contribution in [3.63, 3.8) is 0 Å². The Morgan fingerprint density at radius 1 is 1.07 bits per heavy atom. The van der Waals surface area contributed by atoms with Crippen LogP contribution in [0.4, 0.5) is 22.9 Å². The number of amides is 1. The van der Waals surface area contributed by atoms with E-state index in [1.807, 2.05) is 62.2 Å². The van der Waals surface area contributed by atoms with Crippen LogP contribution in [0, 0.1) is 0 Å². The Kier molecular flexibility index (Phi) is 6.02. The minimum Gasteiger partial charge on any atom is -0.394 e. The zero-order valence-electron chi connectivity index (χ0n) is 16.1. The van der Waals surface area contributed by atoms with Gasteiger partial charge >= 0.3 is 0 Å². The summed E-state index contributed by atoms with van der Waals surface area (Å²) in [7, 11) is 1.86. The van der Waals surface area contributed by atoms with Crippen molar-refractivity contribution in [3.8, 4) is 0 Å². The molecule has 2 aromatic carbocycles. The molecule has 0 saturated carbocycles. The standard InChI is InChI=1S/C19H17ClN4O2.C2H6/c1-22-16-8-7-13(20)11-17(16)24(14-5-3-2-4-6-14)19(26)15-12-23(9-10-25)21-18(15)22;1-2/h2-8,11-12,25H,9-10H2,1H3;1-2H3. The first-order chi connectivity index (χ1) is 13.6. The van der Waals surface area contributed by atoms with Gasteiger partial charge in [0.05, 0.1) is 24.5 Å². The Morgan fingerprint density at radius 2 is 1.79 bits per heavy atom. The predicted molar refractivity (Wildman–Crippen MR) is 113 cm³/mol. The van der Waals surface area contributed by atoms with Gasteiger partial charge in [-0.2, -0.15) is 5.10 Å². The van der Waals surface area contributed by atoms with Crippen molar-refractivity contribution >= 4 is 40.4 Å². The lowest BCUT2D eigenvalue weighted by Gasteiger charge is -2.25. The number of benzene rings is 2. The zero-order valence-corrected chi connectivity index (χ0v) is 16.9. The van der Waals surface area contributed by atoms with E-state index < -0.39 is 0 Å². The van der Waals surface area contributed by atoms with Crippen LogP contribution in [0.5, 0.6) is 0 Å². The van der Waals surface area contributed by atoms with Crippen molar-refractivity contribution < 1.29 is 9.90 Å². The van der Waals surface area contributed by atoms with Crippen LogP contribution in [0.2, 0.25) is 5.02 Å². The number of nitrogens with zero attached hydrogens (tertiary/aromatic N) is 4. The average molecular weight is 399 g/mol. The van der Waals surface area contributed by atoms with Crippen LogP contribution in [0.3, 0.4) is 0 Å². The molecule has 7 heteroatoms. The number of hydrogen-bond donors (Lipinski definition) is 1. The zero-order chi connectivity index (χ0) is 20.3. The molecule has 1 aliphatic rings. The van der Waals surface area contributed by atoms with Gasteiger partial charge in [0, 0.05) is 24.0 Å². The number of anilines is 4. The second kappa shape index (κ2) is 8.46. The van der Waals surface area contributed by atoms with Crippen LogP contribution in [0.1, 0.15) is 24.2 Å². The highest BCUT2D eigenvalue weighted by Gasteiger charge is 2.33. The van der Waals surface area contributed by atoms with Crippen molar-refractivity contribution in [3.05, 3.63) is 65.3 Å². The van der Waals surface area contributed by atoms with Gasteiger partial charge in [-0.05, 0) is 30.3 Å². The third-order valence-electron chi connectivity index (χ3n) is 4.38. The number of aromatic nitrogens is 2. The monoisotopic (exact) mass is 398 g/mol. The fourth-order valence-corrected chi connectivity index (χ4v) is 3.33. The summed E-state index contributed by atoms with van der Waals surface area (Å²) < 4.78 is 1.59. The second-order valence-corrected chi connectivity index (χ2v) is 6.46. The van der Waals surface area contributed by atoms with Gasteiger partial charge in [0.15, 0.2) is 5.82 Å². The molecule has 0 spiro atoms. The average Bonchev–Trinajstić information content (AvgIpc) is 3.11. The predicted octanol–water partition coefficient (Wildman–Crippen LogP) is 4.61. The first-order valence-electron chi connectivity index (χ1n) is 9.21. The fourth-order valence-electron chi connectivity index (χ4n) is 3.16. The highest BCUT2D eigenvalue weighted by Crippen LogP contribution is 2.43. The van der Waals surface area contributed by atoms with Crippen molar-refractivity contribution in [1.29, 1.82) is 0 Å². The van der Waals surface area contributed by atoms with Crippen molar-refractivity contribution in [2.45, 2.75) is 20.4 Å². The molecule has 28 heavy (non-hydrogen) atoms. The number of aliphatic hydroxyl groups excluding tert-OH is 1.